The molecule has 0 spiro atoms. The van der Waals surface area contributed by atoms with Crippen molar-refractivity contribution in [3.8, 4) is 0 Å². The van der Waals surface area contributed by atoms with Crippen molar-refractivity contribution >= 4 is 41.0 Å². The van der Waals surface area contributed by atoms with Gasteiger partial charge in [0.25, 0.3) is 0 Å². The Labute approximate surface area is 168 Å². The lowest BCUT2D eigenvalue weighted by molar-refractivity contribution is 0.683. The largest absolute Gasteiger partial charge is 0.336 e. The molecule has 3 aromatic rings. The minimum absolute atomic E-state index is 0.249. The van der Waals surface area contributed by atoms with Crippen LogP contribution in [0.5, 0.6) is 0 Å². The predicted octanol–water partition coefficient (Wildman–Crippen LogP) is 6.77. The molecule has 134 valence electrons. The van der Waals surface area contributed by atoms with Gasteiger partial charge < -0.3 is 4.57 Å². The molecule has 0 aliphatic carbocycles. The zero-order valence-corrected chi connectivity index (χ0v) is 16.6. The summed E-state index contributed by atoms with van der Waals surface area (Å²) in [4.78, 5) is 4.14. The van der Waals surface area contributed by atoms with Gasteiger partial charge >= 0.3 is 0 Å². The lowest BCUT2D eigenvalue weighted by Gasteiger charge is -2.19. The highest BCUT2D eigenvalue weighted by atomic mass is 35.5. The van der Waals surface area contributed by atoms with E-state index in [9.17, 15) is 0 Å². The van der Waals surface area contributed by atoms with Crippen LogP contribution in [0.15, 0.2) is 73.3 Å². The fraction of sp³-hybridized carbons (Fsp3) is 0.190. The molecular weight excluding hydrogens is 383 g/mol. The summed E-state index contributed by atoms with van der Waals surface area (Å²) in [6.45, 7) is 0.828. The molecular formula is C21H20Cl2N2S. The Morgan fingerprint density at radius 3 is 2.69 bits per heavy atom. The van der Waals surface area contributed by atoms with Gasteiger partial charge in [-0.1, -0.05) is 71.8 Å². The lowest BCUT2D eigenvalue weighted by atomic mass is 10.1. The Kier molecular flexibility index (Phi) is 7.24. The quantitative estimate of drug-likeness (QED) is 0.386. The molecule has 1 atom stereocenters. The first-order chi connectivity index (χ1) is 12.7. The molecule has 26 heavy (non-hydrogen) atoms. The number of nitrogens with zero attached hydrogens (tertiary/aromatic N) is 2. The van der Waals surface area contributed by atoms with Crippen LogP contribution in [0.1, 0.15) is 22.8 Å². The fourth-order valence-corrected chi connectivity index (χ4v) is 4.48. The molecule has 1 aromatic heterocycles. The SMILES string of the molecule is Clc1ccc(C(Cn2ccnc2)SCC/C=C/c2ccccc2)c(Cl)c1. The average Bonchev–Trinajstić information content (AvgIpc) is 3.15. The van der Waals surface area contributed by atoms with E-state index in [4.69, 9.17) is 23.2 Å². The molecule has 0 saturated heterocycles. The molecule has 1 heterocycles. The van der Waals surface area contributed by atoms with Crippen LogP contribution in [-0.4, -0.2) is 15.3 Å². The first-order valence-electron chi connectivity index (χ1n) is 8.46. The van der Waals surface area contributed by atoms with Gasteiger partial charge in [-0.25, -0.2) is 4.98 Å². The third-order valence-corrected chi connectivity index (χ3v) is 5.80. The Morgan fingerprint density at radius 2 is 1.96 bits per heavy atom. The maximum Gasteiger partial charge on any atom is 0.0946 e. The molecule has 0 N–H and O–H groups in total. The van der Waals surface area contributed by atoms with Gasteiger partial charge in [-0.2, -0.15) is 11.8 Å². The Hall–Kier alpha value is -1.68. The third kappa shape index (κ3) is 5.66. The zero-order chi connectivity index (χ0) is 18.2. The van der Waals surface area contributed by atoms with Crippen molar-refractivity contribution in [2.75, 3.05) is 5.75 Å². The first-order valence-corrected chi connectivity index (χ1v) is 10.3. The van der Waals surface area contributed by atoms with Gasteiger partial charge in [0.15, 0.2) is 0 Å². The molecule has 0 aliphatic heterocycles. The molecule has 0 radical (unpaired) electrons. The van der Waals surface area contributed by atoms with Crippen LogP contribution < -0.4 is 0 Å². The smallest absolute Gasteiger partial charge is 0.0946 e. The number of hydrogen-bond acceptors (Lipinski definition) is 2. The van der Waals surface area contributed by atoms with Crippen LogP contribution in [0.2, 0.25) is 10.0 Å². The molecule has 5 heteroatoms. The van der Waals surface area contributed by atoms with E-state index in [1.54, 1.807) is 6.20 Å². The zero-order valence-electron chi connectivity index (χ0n) is 14.3. The van der Waals surface area contributed by atoms with E-state index >= 15 is 0 Å². The molecule has 3 rings (SSSR count). The van der Waals surface area contributed by atoms with Crippen LogP contribution in [-0.2, 0) is 6.54 Å². The monoisotopic (exact) mass is 402 g/mol. The summed E-state index contributed by atoms with van der Waals surface area (Å²) in [5, 5.41) is 1.63. The highest BCUT2D eigenvalue weighted by molar-refractivity contribution is 7.99. The van der Waals surface area contributed by atoms with Crippen LogP contribution >= 0.6 is 35.0 Å². The van der Waals surface area contributed by atoms with Gasteiger partial charge in [-0.05, 0) is 35.4 Å². The molecule has 0 bridgehead atoms. The summed E-state index contributed by atoms with van der Waals surface area (Å²) < 4.78 is 2.09. The summed E-state index contributed by atoms with van der Waals surface area (Å²) in [5.41, 5.74) is 2.34. The number of aromatic nitrogens is 2. The topological polar surface area (TPSA) is 17.8 Å². The normalized spacial score (nSPS) is 12.5. The summed E-state index contributed by atoms with van der Waals surface area (Å²) in [6.07, 6.45) is 11.0. The lowest BCUT2D eigenvalue weighted by Crippen LogP contribution is -2.06. The summed E-state index contributed by atoms with van der Waals surface area (Å²) in [5.74, 6) is 1.02. The minimum Gasteiger partial charge on any atom is -0.336 e. The third-order valence-electron chi connectivity index (χ3n) is 3.96. The summed E-state index contributed by atoms with van der Waals surface area (Å²) >= 11 is 14.4. The maximum absolute atomic E-state index is 6.45. The van der Waals surface area contributed by atoms with E-state index in [0.717, 1.165) is 29.3 Å². The molecule has 0 aliphatic rings. The average molecular weight is 403 g/mol. The maximum atomic E-state index is 6.45. The van der Waals surface area contributed by atoms with E-state index < -0.39 is 0 Å². The second-order valence-corrected chi connectivity index (χ2v) is 8.04. The Balaban J connectivity index is 1.63. The molecule has 0 fully saturated rings. The van der Waals surface area contributed by atoms with Gasteiger partial charge in [0.05, 0.1) is 6.33 Å². The van der Waals surface area contributed by atoms with Gasteiger partial charge in [0.1, 0.15) is 0 Å². The van der Waals surface area contributed by atoms with Crippen LogP contribution in [0.25, 0.3) is 6.08 Å². The highest BCUT2D eigenvalue weighted by Crippen LogP contribution is 2.36. The van der Waals surface area contributed by atoms with Crippen molar-refractivity contribution in [3.05, 3.63) is 94.5 Å². The van der Waals surface area contributed by atoms with Crippen molar-refractivity contribution in [2.24, 2.45) is 0 Å². The second kappa shape index (κ2) is 9.86. The minimum atomic E-state index is 0.249. The van der Waals surface area contributed by atoms with Crippen LogP contribution in [0.3, 0.4) is 0 Å². The number of hydrogen-bond donors (Lipinski definition) is 0. The van der Waals surface area contributed by atoms with Crippen molar-refractivity contribution in [1.82, 2.24) is 9.55 Å². The number of imidazole rings is 1. The summed E-state index contributed by atoms with van der Waals surface area (Å²) in [6, 6.07) is 16.1. The molecule has 0 amide bonds. The van der Waals surface area contributed by atoms with Crippen LogP contribution in [0, 0.1) is 0 Å². The first kappa shape index (κ1) is 19.1. The van der Waals surface area contributed by atoms with Crippen molar-refractivity contribution < 1.29 is 0 Å². The predicted molar refractivity (Wildman–Crippen MR) is 114 cm³/mol. The molecule has 0 saturated carbocycles. The van der Waals surface area contributed by atoms with E-state index in [0.29, 0.717) is 5.02 Å². The van der Waals surface area contributed by atoms with Gasteiger partial charge in [-0.3, -0.25) is 0 Å². The molecule has 2 aromatic carbocycles. The fourth-order valence-electron chi connectivity index (χ4n) is 2.65. The van der Waals surface area contributed by atoms with Crippen LogP contribution in [0.4, 0.5) is 0 Å². The van der Waals surface area contributed by atoms with Gasteiger partial charge in [-0.15, -0.1) is 0 Å². The Morgan fingerprint density at radius 1 is 1.12 bits per heavy atom. The highest BCUT2D eigenvalue weighted by Gasteiger charge is 2.16. The number of halogens is 2. The summed E-state index contributed by atoms with van der Waals surface area (Å²) in [7, 11) is 0. The number of rotatable bonds is 8. The standard InChI is InChI=1S/C21H20Cl2N2S/c22-18-9-10-19(20(23)14-18)21(15-25-12-11-24-16-25)26-13-5-4-8-17-6-2-1-3-7-17/h1-4,6-12,14,16,21H,5,13,15H2/b8-4+. The molecule has 1 unspecified atom stereocenters. The van der Waals surface area contributed by atoms with Crippen molar-refractivity contribution in [3.63, 3.8) is 0 Å². The van der Waals surface area contributed by atoms with Crippen molar-refractivity contribution in [1.29, 1.82) is 0 Å². The van der Waals surface area contributed by atoms with Gasteiger partial charge in [0, 0.05) is 34.2 Å². The Bertz CT molecular complexity index is 832. The van der Waals surface area contributed by atoms with Crippen molar-refractivity contribution in [2.45, 2.75) is 18.2 Å². The van der Waals surface area contributed by atoms with E-state index in [1.165, 1.54) is 5.56 Å². The number of benzene rings is 2. The van der Waals surface area contributed by atoms with E-state index in [1.807, 2.05) is 48.6 Å². The second-order valence-electron chi connectivity index (χ2n) is 5.89. The van der Waals surface area contributed by atoms with Gasteiger partial charge in [0.2, 0.25) is 0 Å². The number of thioether (sulfide) groups is 1. The van der Waals surface area contributed by atoms with E-state index in [2.05, 4.69) is 46.0 Å². The number of allylic oxidation sites excluding steroid dienone is 1. The molecule has 2 nitrogen and oxygen atoms in total. The van der Waals surface area contributed by atoms with E-state index in [-0.39, 0.29) is 5.25 Å².